The Hall–Kier alpha value is -1.04. The molecule has 0 nitrogen and oxygen atoms in total. The van der Waals surface area contributed by atoms with Crippen molar-refractivity contribution in [3.05, 3.63) is 46.6 Å². The molecule has 0 heterocycles. The summed E-state index contributed by atoms with van der Waals surface area (Å²) in [4.78, 5) is 0. The van der Waals surface area contributed by atoms with Gasteiger partial charge in [0, 0.05) is 17.8 Å². The van der Waals surface area contributed by atoms with E-state index in [4.69, 9.17) is 0 Å². The molecule has 0 saturated heterocycles. The van der Waals surface area contributed by atoms with E-state index >= 15 is 0 Å². The van der Waals surface area contributed by atoms with E-state index in [1.165, 1.54) is 11.1 Å². The number of allylic oxidation sites excluding steroid dienone is 8. The first kappa shape index (κ1) is 10.1. The number of hydrogen-bond acceptors (Lipinski definition) is 0. The summed E-state index contributed by atoms with van der Waals surface area (Å²) >= 11 is 0. The van der Waals surface area contributed by atoms with Crippen molar-refractivity contribution in [1.82, 2.24) is 0 Å². The van der Waals surface area contributed by atoms with Crippen molar-refractivity contribution >= 4 is 0 Å². The van der Waals surface area contributed by atoms with Crippen LogP contribution in [0.1, 0.15) is 27.7 Å². The van der Waals surface area contributed by atoms with Crippen LogP contribution in [0.25, 0.3) is 0 Å². The van der Waals surface area contributed by atoms with E-state index in [1.54, 1.807) is 11.1 Å². The van der Waals surface area contributed by atoms with Crippen molar-refractivity contribution in [3.63, 3.8) is 0 Å². The normalized spacial score (nSPS) is 38.5. The first-order chi connectivity index (χ1) is 7.61. The van der Waals surface area contributed by atoms with Crippen LogP contribution in [0.2, 0.25) is 0 Å². The van der Waals surface area contributed by atoms with Crippen molar-refractivity contribution in [2.24, 2.45) is 23.7 Å². The molecule has 0 spiro atoms. The molecule has 0 radical (unpaired) electrons. The van der Waals surface area contributed by atoms with Crippen LogP contribution in [-0.2, 0) is 0 Å². The smallest absolute Gasteiger partial charge is 0.00603 e. The summed E-state index contributed by atoms with van der Waals surface area (Å²) in [5, 5.41) is 0. The van der Waals surface area contributed by atoms with Gasteiger partial charge in [-0.2, -0.15) is 0 Å². The summed E-state index contributed by atoms with van der Waals surface area (Å²) in [6.45, 7) is 9.05. The minimum Gasteiger partial charge on any atom is -0.0801 e. The standard InChI is InChI=1S/C16H20/c1-9(2)11-5-6-13-12-7-8-14(16(11)13)15(12)10(3)4/h5-8,12-14,16H,1-4H3. The summed E-state index contributed by atoms with van der Waals surface area (Å²) in [5.41, 5.74) is 6.34. The van der Waals surface area contributed by atoms with Gasteiger partial charge in [0.25, 0.3) is 0 Å². The van der Waals surface area contributed by atoms with E-state index in [2.05, 4.69) is 52.0 Å². The summed E-state index contributed by atoms with van der Waals surface area (Å²) in [5.74, 6) is 2.91. The Morgan fingerprint density at radius 2 is 1.56 bits per heavy atom. The maximum atomic E-state index is 2.45. The van der Waals surface area contributed by atoms with Crippen LogP contribution in [0.5, 0.6) is 0 Å². The molecule has 16 heavy (non-hydrogen) atoms. The first-order valence-electron chi connectivity index (χ1n) is 6.32. The van der Waals surface area contributed by atoms with Gasteiger partial charge in [0.2, 0.25) is 0 Å². The molecule has 0 N–H and O–H groups in total. The average Bonchev–Trinajstić information content (AvgIpc) is 2.87. The van der Waals surface area contributed by atoms with Crippen molar-refractivity contribution in [3.8, 4) is 0 Å². The molecular weight excluding hydrogens is 192 g/mol. The van der Waals surface area contributed by atoms with Crippen molar-refractivity contribution in [2.75, 3.05) is 0 Å². The zero-order valence-corrected chi connectivity index (χ0v) is 10.6. The Morgan fingerprint density at radius 1 is 0.875 bits per heavy atom. The molecule has 0 amide bonds. The largest absolute Gasteiger partial charge is 0.0801 e. The molecule has 3 rings (SSSR count). The SMILES string of the molecule is CC(C)=C1C2C=CC1C1C(=C(C)C)C=CC21. The van der Waals surface area contributed by atoms with Crippen LogP contribution >= 0.6 is 0 Å². The predicted molar refractivity (Wildman–Crippen MR) is 69.0 cm³/mol. The van der Waals surface area contributed by atoms with E-state index in [9.17, 15) is 0 Å². The van der Waals surface area contributed by atoms with Gasteiger partial charge in [-0.15, -0.1) is 0 Å². The highest BCUT2D eigenvalue weighted by molar-refractivity contribution is 5.49. The lowest BCUT2D eigenvalue weighted by Crippen LogP contribution is -2.15. The summed E-state index contributed by atoms with van der Waals surface area (Å²) < 4.78 is 0. The molecular formula is C16H20. The maximum Gasteiger partial charge on any atom is 0.00603 e. The Kier molecular flexibility index (Phi) is 2.04. The average molecular weight is 212 g/mol. The summed E-state index contributed by atoms with van der Waals surface area (Å²) in [6, 6.07) is 0. The van der Waals surface area contributed by atoms with Crippen LogP contribution in [0.15, 0.2) is 46.6 Å². The van der Waals surface area contributed by atoms with Gasteiger partial charge in [0.15, 0.2) is 0 Å². The zero-order chi connectivity index (χ0) is 11.4. The third-order valence-electron chi connectivity index (χ3n) is 4.47. The Morgan fingerprint density at radius 3 is 2.19 bits per heavy atom. The van der Waals surface area contributed by atoms with Gasteiger partial charge in [-0.05, 0) is 39.2 Å². The number of fused-ring (bicyclic) bond motifs is 5. The second kappa shape index (κ2) is 3.23. The van der Waals surface area contributed by atoms with Gasteiger partial charge >= 0.3 is 0 Å². The fourth-order valence-electron chi connectivity index (χ4n) is 3.91. The minimum absolute atomic E-state index is 0.694. The molecule has 3 aliphatic carbocycles. The topological polar surface area (TPSA) is 0 Å². The second-order valence-electron chi connectivity index (χ2n) is 5.81. The van der Waals surface area contributed by atoms with Crippen LogP contribution in [0.4, 0.5) is 0 Å². The van der Waals surface area contributed by atoms with Gasteiger partial charge in [-0.1, -0.05) is 41.0 Å². The molecule has 0 aromatic heterocycles. The van der Waals surface area contributed by atoms with Crippen LogP contribution in [0, 0.1) is 23.7 Å². The van der Waals surface area contributed by atoms with E-state index in [0.29, 0.717) is 11.8 Å². The molecule has 0 aromatic carbocycles. The molecule has 0 aliphatic heterocycles. The van der Waals surface area contributed by atoms with Crippen molar-refractivity contribution < 1.29 is 0 Å². The molecule has 0 aromatic rings. The van der Waals surface area contributed by atoms with E-state index in [0.717, 1.165) is 11.8 Å². The number of rotatable bonds is 0. The van der Waals surface area contributed by atoms with Gasteiger partial charge in [0.05, 0.1) is 0 Å². The van der Waals surface area contributed by atoms with E-state index in [1.807, 2.05) is 0 Å². The molecule has 1 saturated carbocycles. The van der Waals surface area contributed by atoms with Crippen LogP contribution < -0.4 is 0 Å². The Labute approximate surface area is 98.4 Å². The predicted octanol–water partition coefficient (Wildman–Crippen LogP) is 4.28. The molecule has 2 bridgehead atoms. The Bertz CT molecular complexity index is 448. The van der Waals surface area contributed by atoms with Gasteiger partial charge in [0.1, 0.15) is 0 Å². The second-order valence-corrected chi connectivity index (χ2v) is 5.81. The molecule has 3 aliphatic rings. The van der Waals surface area contributed by atoms with Crippen molar-refractivity contribution in [1.29, 1.82) is 0 Å². The lowest BCUT2D eigenvalue weighted by atomic mass is 9.82. The van der Waals surface area contributed by atoms with Crippen LogP contribution in [-0.4, -0.2) is 0 Å². The highest BCUT2D eigenvalue weighted by Crippen LogP contribution is 2.58. The van der Waals surface area contributed by atoms with Crippen molar-refractivity contribution in [2.45, 2.75) is 27.7 Å². The van der Waals surface area contributed by atoms with Gasteiger partial charge < -0.3 is 0 Å². The fraction of sp³-hybridized carbons (Fsp3) is 0.500. The zero-order valence-electron chi connectivity index (χ0n) is 10.6. The molecule has 4 atom stereocenters. The first-order valence-corrected chi connectivity index (χ1v) is 6.32. The molecule has 1 fully saturated rings. The van der Waals surface area contributed by atoms with Gasteiger partial charge in [-0.25, -0.2) is 0 Å². The highest BCUT2D eigenvalue weighted by atomic mass is 14.5. The molecule has 4 unspecified atom stereocenters. The molecule has 0 heteroatoms. The minimum atomic E-state index is 0.694. The fourth-order valence-corrected chi connectivity index (χ4v) is 3.91. The lowest BCUT2D eigenvalue weighted by molar-refractivity contribution is 0.450. The monoisotopic (exact) mass is 212 g/mol. The lowest BCUT2D eigenvalue weighted by Gasteiger charge is -2.21. The maximum absolute atomic E-state index is 2.45. The Balaban J connectivity index is 2.11. The quantitative estimate of drug-likeness (QED) is 0.526. The summed E-state index contributed by atoms with van der Waals surface area (Å²) in [7, 11) is 0. The molecule has 84 valence electrons. The van der Waals surface area contributed by atoms with Gasteiger partial charge in [-0.3, -0.25) is 0 Å². The third kappa shape index (κ3) is 1.10. The summed E-state index contributed by atoms with van der Waals surface area (Å²) in [6.07, 6.45) is 9.71. The van der Waals surface area contributed by atoms with Crippen LogP contribution in [0.3, 0.4) is 0 Å². The third-order valence-corrected chi connectivity index (χ3v) is 4.47. The van der Waals surface area contributed by atoms with E-state index < -0.39 is 0 Å². The van der Waals surface area contributed by atoms with E-state index in [-0.39, 0.29) is 0 Å². The highest BCUT2D eigenvalue weighted by Gasteiger charge is 2.50. The number of hydrogen-bond donors (Lipinski definition) is 0.